The quantitative estimate of drug-likeness (QED) is 0.291. The fraction of sp³-hybridized carbons (Fsp3) is 0.444. The van der Waals surface area contributed by atoms with E-state index in [9.17, 15) is 13.2 Å². The Labute approximate surface area is 171 Å². The molecule has 0 radical (unpaired) electrons. The first-order valence-electron chi connectivity index (χ1n) is 8.61. The predicted octanol–water partition coefficient (Wildman–Crippen LogP) is 1.12. The summed E-state index contributed by atoms with van der Waals surface area (Å²) in [7, 11) is -0.887. The van der Waals surface area contributed by atoms with Crippen molar-refractivity contribution >= 4 is 33.3 Å². The summed E-state index contributed by atoms with van der Waals surface area (Å²) >= 11 is 4.90. The number of nitrogens with one attached hydrogen (secondary N) is 3. The number of thiocarbonyl (C=S) groups is 1. The lowest BCUT2D eigenvalue weighted by Gasteiger charge is -2.15. The van der Waals surface area contributed by atoms with Crippen molar-refractivity contribution in [2.45, 2.75) is 25.2 Å². The fourth-order valence-corrected chi connectivity index (χ4v) is 3.63. The van der Waals surface area contributed by atoms with Crippen LogP contribution in [0.1, 0.15) is 19.4 Å². The third-order valence-corrected chi connectivity index (χ3v) is 5.24. The first-order chi connectivity index (χ1) is 13.2. The standard InChI is InChI=1S/C18H27N3O5S2/c1-13(2)11-17(22)20-8-7-14-5-6-15(26-10-9-25-4)16(12-14)28(23,24)21-18(27)19-3/h5-6,11-12H,7-10H2,1-4H3,(H,20,22)(H2,19,21,27). The number of sulfonamides is 1. The zero-order valence-corrected chi connectivity index (χ0v) is 18.1. The van der Waals surface area contributed by atoms with Gasteiger partial charge >= 0.3 is 0 Å². The maximum Gasteiger partial charge on any atom is 0.267 e. The normalized spacial score (nSPS) is 10.7. The number of carbonyl (C=O) groups is 1. The van der Waals surface area contributed by atoms with E-state index in [1.807, 2.05) is 13.8 Å². The molecule has 0 aliphatic rings. The lowest BCUT2D eigenvalue weighted by molar-refractivity contribution is -0.116. The van der Waals surface area contributed by atoms with Gasteiger partial charge in [-0.05, 0) is 50.2 Å². The van der Waals surface area contributed by atoms with Crippen LogP contribution in [0.2, 0.25) is 0 Å². The van der Waals surface area contributed by atoms with E-state index in [0.29, 0.717) is 19.6 Å². The Morgan fingerprint density at radius 1 is 1.25 bits per heavy atom. The highest BCUT2D eigenvalue weighted by Gasteiger charge is 2.21. The highest BCUT2D eigenvalue weighted by Crippen LogP contribution is 2.25. The number of methoxy groups -OCH3 is 1. The molecule has 0 atom stereocenters. The van der Waals surface area contributed by atoms with Crippen LogP contribution in [0.3, 0.4) is 0 Å². The molecule has 10 heteroatoms. The molecule has 1 amide bonds. The molecule has 3 N–H and O–H groups in total. The minimum atomic E-state index is -3.94. The monoisotopic (exact) mass is 429 g/mol. The molecule has 0 unspecified atom stereocenters. The van der Waals surface area contributed by atoms with E-state index in [1.165, 1.54) is 26.3 Å². The third-order valence-electron chi connectivity index (χ3n) is 3.43. The van der Waals surface area contributed by atoms with Crippen molar-refractivity contribution < 1.29 is 22.7 Å². The van der Waals surface area contributed by atoms with Crippen LogP contribution in [0, 0.1) is 0 Å². The largest absolute Gasteiger partial charge is 0.490 e. The zero-order chi connectivity index (χ0) is 21.2. The molecular formula is C18H27N3O5S2. The van der Waals surface area contributed by atoms with Gasteiger partial charge in [-0.15, -0.1) is 0 Å². The molecule has 1 aromatic rings. The van der Waals surface area contributed by atoms with E-state index in [1.54, 1.807) is 12.1 Å². The van der Waals surface area contributed by atoms with Crippen molar-refractivity contribution in [1.82, 2.24) is 15.4 Å². The maximum absolute atomic E-state index is 12.7. The van der Waals surface area contributed by atoms with Gasteiger partial charge in [-0.1, -0.05) is 11.6 Å². The molecule has 0 bridgehead atoms. The second-order valence-corrected chi connectivity index (χ2v) is 8.13. The number of hydrogen-bond donors (Lipinski definition) is 3. The van der Waals surface area contributed by atoms with E-state index < -0.39 is 10.0 Å². The Bertz CT molecular complexity index is 819. The zero-order valence-electron chi connectivity index (χ0n) is 16.5. The van der Waals surface area contributed by atoms with Gasteiger partial charge in [-0.2, -0.15) is 0 Å². The molecule has 0 aliphatic carbocycles. The molecule has 1 aromatic carbocycles. The van der Waals surface area contributed by atoms with Gasteiger partial charge in [-0.25, -0.2) is 8.42 Å². The van der Waals surface area contributed by atoms with Gasteiger partial charge in [-0.3, -0.25) is 9.52 Å². The summed E-state index contributed by atoms with van der Waals surface area (Å²) in [5.41, 5.74) is 1.63. The first-order valence-corrected chi connectivity index (χ1v) is 10.5. The second-order valence-electron chi connectivity index (χ2n) is 6.07. The SMILES string of the molecule is CNC(=S)NS(=O)(=O)c1cc(CCNC(=O)C=C(C)C)ccc1OCCOC. The number of rotatable bonds is 10. The average molecular weight is 430 g/mol. The van der Waals surface area contributed by atoms with Gasteiger partial charge < -0.3 is 20.1 Å². The van der Waals surface area contributed by atoms with Crippen LogP contribution < -0.4 is 20.1 Å². The van der Waals surface area contributed by atoms with Crippen molar-refractivity contribution in [3.8, 4) is 5.75 Å². The number of ether oxygens (including phenoxy) is 2. The summed E-state index contributed by atoms with van der Waals surface area (Å²) in [6.07, 6.45) is 1.96. The lowest BCUT2D eigenvalue weighted by atomic mass is 10.1. The van der Waals surface area contributed by atoms with Crippen LogP contribution in [0.4, 0.5) is 0 Å². The van der Waals surface area contributed by atoms with Crippen molar-refractivity contribution in [3.63, 3.8) is 0 Å². The first kappa shape index (κ1) is 23.9. The minimum absolute atomic E-state index is 0.0257. The molecule has 0 fully saturated rings. The molecule has 156 valence electrons. The van der Waals surface area contributed by atoms with Gasteiger partial charge in [0.05, 0.1) is 6.61 Å². The molecule has 0 spiro atoms. The highest BCUT2D eigenvalue weighted by atomic mass is 32.2. The molecular weight excluding hydrogens is 402 g/mol. The molecule has 8 nitrogen and oxygen atoms in total. The van der Waals surface area contributed by atoms with E-state index in [-0.39, 0.29) is 28.3 Å². The molecule has 28 heavy (non-hydrogen) atoms. The van der Waals surface area contributed by atoms with Crippen LogP contribution in [0.25, 0.3) is 0 Å². The second kappa shape index (κ2) is 11.6. The van der Waals surface area contributed by atoms with Crippen molar-refractivity contribution in [1.29, 1.82) is 0 Å². The molecule has 0 heterocycles. The van der Waals surface area contributed by atoms with Crippen LogP contribution in [0.5, 0.6) is 5.75 Å². The van der Waals surface area contributed by atoms with Crippen LogP contribution >= 0.6 is 12.2 Å². The summed E-state index contributed by atoms with van der Waals surface area (Å²) in [5, 5.41) is 5.30. The predicted molar refractivity (Wildman–Crippen MR) is 112 cm³/mol. The van der Waals surface area contributed by atoms with Crippen molar-refractivity contribution in [3.05, 3.63) is 35.4 Å². The van der Waals surface area contributed by atoms with Gasteiger partial charge in [0.2, 0.25) is 5.91 Å². The fourth-order valence-electron chi connectivity index (χ4n) is 2.14. The number of amides is 1. The van der Waals surface area contributed by atoms with E-state index in [4.69, 9.17) is 21.7 Å². The van der Waals surface area contributed by atoms with Gasteiger partial charge in [0, 0.05) is 26.8 Å². The Morgan fingerprint density at radius 2 is 1.96 bits per heavy atom. The van der Waals surface area contributed by atoms with Crippen LogP contribution in [0.15, 0.2) is 34.7 Å². The summed E-state index contributed by atoms with van der Waals surface area (Å²) in [4.78, 5) is 11.6. The van der Waals surface area contributed by atoms with E-state index >= 15 is 0 Å². The number of carbonyl (C=O) groups excluding carboxylic acids is 1. The average Bonchev–Trinajstić information content (AvgIpc) is 2.61. The number of hydrogen-bond acceptors (Lipinski definition) is 6. The molecule has 0 aromatic heterocycles. The van der Waals surface area contributed by atoms with Crippen molar-refractivity contribution in [2.24, 2.45) is 0 Å². The Hall–Kier alpha value is -2.17. The molecule has 0 saturated carbocycles. The maximum atomic E-state index is 12.7. The van der Waals surface area contributed by atoms with Crippen LogP contribution in [-0.2, 0) is 26.0 Å². The number of benzene rings is 1. The summed E-state index contributed by atoms with van der Waals surface area (Å²) in [5.74, 6) is 0.00850. The smallest absolute Gasteiger partial charge is 0.267 e. The minimum Gasteiger partial charge on any atom is -0.490 e. The third kappa shape index (κ3) is 8.24. The van der Waals surface area contributed by atoms with E-state index in [2.05, 4.69) is 15.4 Å². The Balaban J connectivity index is 3.01. The van der Waals surface area contributed by atoms with Gasteiger partial charge in [0.1, 0.15) is 17.3 Å². The van der Waals surface area contributed by atoms with Crippen LogP contribution in [-0.4, -0.2) is 53.4 Å². The lowest BCUT2D eigenvalue weighted by Crippen LogP contribution is -2.37. The van der Waals surface area contributed by atoms with E-state index in [0.717, 1.165) is 11.1 Å². The summed E-state index contributed by atoms with van der Waals surface area (Å²) in [6.45, 7) is 4.56. The number of allylic oxidation sites excluding steroid dienone is 1. The highest BCUT2D eigenvalue weighted by molar-refractivity contribution is 7.92. The topological polar surface area (TPSA) is 106 Å². The Kier molecular flexibility index (Phi) is 9.91. The van der Waals surface area contributed by atoms with Gasteiger partial charge in [0.15, 0.2) is 5.11 Å². The van der Waals surface area contributed by atoms with Gasteiger partial charge in [0.25, 0.3) is 10.0 Å². The van der Waals surface area contributed by atoms with Crippen molar-refractivity contribution in [2.75, 3.05) is 33.9 Å². The Morgan fingerprint density at radius 3 is 2.57 bits per heavy atom. The molecule has 0 saturated heterocycles. The molecule has 0 aliphatic heterocycles. The molecule has 1 rings (SSSR count). The summed E-state index contributed by atoms with van der Waals surface area (Å²) < 4.78 is 38.1. The summed E-state index contributed by atoms with van der Waals surface area (Å²) in [6, 6.07) is 4.85.